The minimum Gasteiger partial charge on any atom is -0.367 e. The minimum absolute atomic E-state index is 0.429. The van der Waals surface area contributed by atoms with Crippen molar-refractivity contribution in [3.05, 3.63) is 30.3 Å². The van der Waals surface area contributed by atoms with Gasteiger partial charge in [0.15, 0.2) is 0 Å². The second-order valence-corrected chi connectivity index (χ2v) is 5.14. The molecule has 0 bridgehead atoms. The van der Waals surface area contributed by atoms with E-state index in [1.54, 1.807) is 0 Å². The fourth-order valence-corrected chi connectivity index (χ4v) is 2.72. The maximum atomic E-state index is 9.49. The molecule has 0 spiro atoms. The molecule has 1 aliphatic rings. The van der Waals surface area contributed by atoms with Gasteiger partial charge in [0.1, 0.15) is 5.54 Å². The molecule has 2 nitrogen and oxygen atoms in total. The lowest BCUT2D eigenvalue weighted by Gasteiger charge is -2.35. The van der Waals surface area contributed by atoms with Crippen molar-refractivity contribution in [2.75, 3.05) is 5.32 Å². The van der Waals surface area contributed by atoms with Crippen LogP contribution in [-0.4, -0.2) is 5.54 Å². The van der Waals surface area contributed by atoms with Crippen LogP contribution in [0.15, 0.2) is 30.3 Å². The number of hydrogen-bond donors (Lipinski definition) is 1. The van der Waals surface area contributed by atoms with E-state index in [1.165, 1.54) is 32.1 Å². The van der Waals surface area contributed by atoms with Crippen LogP contribution >= 0.6 is 0 Å². The summed E-state index contributed by atoms with van der Waals surface area (Å²) >= 11 is 0. The van der Waals surface area contributed by atoms with E-state index in [1.807, 2.05) is 37.3 Å². The molecule has 1 N–H and O–H groups in total. The molecule has 2 rings (SSSR count). The van der Waals surface area contributed by atoms with E-state index in [0.29, 0.717) is 5.92 Å². The van der Waals surface area contributed by atoms with Crippen LogP contribution in [0.2, 0.25) is 0 Å². The zero-order valence-corrected chi connectivity index (χ0v) is 10.4. The largest absolute Gasteiger partial charge is 0.367 e. The third-order valence-electron chi connectivity index (χ3n) is 3.83. The molecule has 0 aliphatic heterocycles. The van der Waals surface area contributed by atoms with Crippen molar-refractivity contribution in [1.82, 2.24) is 0 Å². The summed E-state index contributed by atoms with van der Waals surface area (Å²) in [6.07, 6.45) is 6.19. The number of hydrogen-bond acceptors (Lipinski definition) is 2. The highest BCUT2D eigenvalue weighted by atomic mass is 15.0. The summed E-state index contributed by atoms with van der Waals surface area (Å²) < 4.78 is 0. The number of rotatable bonds is 3. The highest BCUT2D eigenvalue weighted by Crippen LogP contribution is 2.34. The van der Waals surface area contributed by atoms with Crippen LogP contribution < -0.4 is 5.32 Å². The highest BCUT2D eigenvalue weighted by Gasteiger charge is 2.34. The number of nitriles is 1. The van der Waals surface area contributed by atoms with Gasteiger partial charge in [0.05, 0.1) is 6.07 Å². The van der Waals surface area contributed by atoms with E-state index in [-0.39, 0.29) is 0 Å². The van der Waals surface area contributed by atoms with Crippen molar-refractivity contribution in [3.63, 3.8) is 0 Å². The quantitative estimate of drug-likeness (QED) is 0.850. The molecule has 17 heavy (non-hydrogen) atoms. The van der Waals surface area contributed by atoms with Crippen molar-refractivity contribution >= 4 is 5.69 Å². The molecule has 1 saturated carbocycles. The summed E-state index contributed by atoms with van der Waals surface area (Å²) in [5, 5.41) is 12.9. The lowest BCUT2D eigenvalue weighted by atomic mass is 9.76. The lowest BCUT2D eigenvalue weighted by molar-refractivity contribution is 0.286. The van der Waals surface area contributed by atoms with Gasteiger partial charge in [0.2, 0.25) is 0 Å². The van der Waals surface area contributed by atoms with Gasteiger partial charge in [-0.1, -0.05) is 37.5 Å². The fourth-order valence-electron chi connectivity index (χ4n) is 2.72. The Labute approximate surface area is 104 Å². The van der Waals surface area contributed by atoms with Crippen LogP contribution in [0, 0.1) is 17.2 Å². The van der Waals surface area contributed by atoms with E-state index in [9.17, 15) is 5.26 Å². The molecule has 1 aromatic rings. The number of benzene rings is 1. The standard InChI is InChI=1S/C15H20N2/c1-15(12-16,13-8-4-2-5-9-13)17-14-10-6-3-7-11-14/h3,6-7,10-11,13,17H,2,4-5,8-9H2,1H3. The van der Waals surface area contributed by atoms with Crippen molar-refractivity contribution in [3.8, 4) is 6.07 Å². The maximum absolute atomic E-state index is 9.49. The molecule has 1 unspecified atom stereocenters. The first kappa shape index (κ1) is 12.0. The Kier molecular flexibility index (Phi) is 3.68. The summed E-state index contributed by atoms with van der Waals surface area (Å²) in [5.74, 6) is 0.474. The minimum atomic E-state index is -0.429. The average Bonchev–Trinajstić information content (AvgIpc) is 2.41. The monoisotopic (exact) mass is 228 g/mol. The summed E-state index contributed by atoms with van der Waals surface area (Å²) in [7, 11) is 0. The molecule has 1 aliphatic carbocycles. The molecule has 90 valence electrons. The van der Waals surface area contributed by atoms with Crippen LogP contribution in [0.3, 0.4) is 0 Å². The lowest BCUT2D eigenvalue weighted by Crippen LogP contribution is -2.42. The van der Waals surface area contributed by atoms with Gasteiger partial charge in [-0.2, -0.15) is 5.26 Å². The summed E-state index contributed by atoms with van der Waals surface area (Å²) in [6.45, 7) is 2.04. The normalized spacial score (nSPS) is 20.2. The molecule has 0 radical (unpaired) electrons. The maximum Gasteiger partial charge on any atom is 0.125 e. The Bertz CT molecular complexity index is 387. The summed E-state index contributed by atoms with van der Waals surface area (Å²) in [6, 6.07) is 12.5. The predicted octanol–water partition coefficient (Wildman–Crippen LogP) is 3.96. The molecule has 2 heteroatoms. The van der Waals surface area contributed by atoms with Crippen molar-refractivity contribution in [2.24, 2.45) is 5.92 Å². The first-order valence-corrected chi connectivity index (χ1v) is 6.49. The third-order valence-corrected chi connectivity index (χ3v) is 3.83. The molecule has 0 heterocycles. The number of para-hydroxylation sites is 1. The van der Waals surface area contributed by atoms with Gasteiger partial charge in [-0.15, -0.1) is 0 Å². The van der Waals surface area contributed by atoms with E-state index < -0.39 is 5.54 Å². The Morgan fingerprint density at radius 1 is 1.18 bits per heavy atom. The van der Waals surface area contributed by atoms with E-state index in [0.717, 1.165) is 5.69 Å². The van der Waals surface area contributed by atoms with Gasteiger partial charge in [0.25, 0.3) is 0 Å². The molecule has 1 fully saturated rings. The Balaban J connectivity index is 2.11. The van der Waals surface area contributed by atoms with Gasteiger partial charge in [-0.05, 0) is 37.8 Å². The van der Waals surface area contributed by atoms with Gasteiger partial charge >= 0.3 is 0 Å². The third kappa shape index (κ3) is 2.79. The predicted molar refractivity (Wildman–Crippen MR) is 70.7 cm³/mol. The second kappa shape index (κ2) is 5.23. The smallest absolute Gasteiger partial charge is 0.125 e. The molecular formula is C15H20N2. The fraction of sp³-hybridized carbons (Fsp3) is 0.533. The number of nitrogens with zero attached hydrogens (tertiary/aromatic N) is 1. The average molecular weight is 228 g/mol. The van der Waals surface area contributed by atoms with Crippen LogP contribution in [-0.2, 0) is 0 Å². The molecule has 0 amide bonds. The van der Waals surface area contributed by atoms with Gasteiger partial charge < -0.3 is 5.32 Å². The SMILES string of the molecule is CC(C#N)(Nc1ccccc1)C1CCCCC1. The molecular weight excluding hydrogens is 208 g/mol. The Morgan fingerprint density at radius 3 is 2.41 bits per heavy atom. The first-order valence-electron chi connectivity index (χ1n) is 6.49. The van der Waals surface area contributed by atoms with Gasteiger partial charge in [-0.3, -0.25) is 0 Å². The molecule has 1 aromatic carbocycles. The van der Waals surface area contributed by atoms with Crippen molar-refractivity contribution < 1.29 is 0 Å². The highest BCUT2D eigenvalue weighted by molar-refractivity contribution is 5.47. The van der Waals surface area contributed by atoms with Gasteiger partial charge in [-0.25, -0.2) is 0 Å². The van der Waals surface area contributed by atoms with Crippen molar-refractivity contribution in [2.45, 2.75) is 44.6 Å². The Morgan fingerprint density at radius 2 is 1.82 bits per heavy atom. The Hall–Kier alpha value is -1.49. The zero-order chi connectivity index (χ0) is 12.1. The number of nitrogens with one attached hydrogen (secondary N) is 1. The van der Waals surface area contributed by atoms with Crippen LogP contribution in [0.5, 0.6) is 0 Å². The van der Waals surface area contributed by atoms with Crippen LogP contribution in [0.1, 0.15) is 39.0 Å². The van der Waals surface area contributed by atoms with E-state index in [4.69, 9.17) is 0 Å². The zero-order valence-electron chi connectivity index (χ0n) is 10.4. The number of anilines is 1. The molecule has 0 aromatic heterocycles. The first-order chi connectivity index (χ1) is 8.24. The van der Waals surface area contributed by atoms with E-state index >= 15 is 0 Å². The van der Waals surface area contributed by atoms with Crippen LogP contribution in [0.25, 0.3) is 0 Å². The summed E-state index contributed by atoms with van der Waals surface area (Å²) in [4.78, 5) is 0. The van der Waals surface area contributed by atoms with Gasteiger partial charge in [0, 0.05) is 5.69 Å². The topological polar surface area (TPSA) is 35.8 Å². The second-order valence-electron chi connectivity index (χ2n) is 5.14. The van der Waals surface area contributed by atoms with Crippen molar-refractivity contribution in [1.29, 1.82) is 5.26 Å². The molecule has 0 saturated heterocycles. The van der Waals surface area contributed by atoms with E-state index in [2.05, 4.69) is 11.4 Å². The summed E-state index contributed by atoms with van der Waals surface area (Å²) in [5.41, 5.74) is 0.615. The van der Waals surface area contributed by atoms with Crippen LogP contribution in [0.4, 0.5) is 5.69 Å². The molecule has 1 atom stereocenters.